The molecule has 0 radical (unpaired) electrons. The fraction of sp³-hybridized carbons (Fsp3) is 0.429. The lowest BCUT2D eigenvalue weighted by molar-refractivity contribution is -0.151. The third-order valence-corrected chi connectivity index (χ3v) is 8.45. The number of nitrogens with zero attached hydrogens (tertiary/aromatic N) is 6. The molecule has 0 aromatic carbocycles. The number of Topliss-reactive ketones (excluding diaryl/α,β-unsaturated/α-hetero) is 1. The first kappa shape index (κ1) is 26.1. The SMILES string of the molecule is CC(=O)c1c(C2C[C@H]3CC[C@@H](C2)N3C(=O)C(C)(CO)CO)nc2c(-c3ccc(-c4ncc[nH]4)nc3)cnn2c1N. The molecule has 6 heterocycles. The van der Waals surface area contributed by atoms with E-state index in [-0.39, 0.29) is 35.5 Å². The number of aliphatic hydroxyl groups excluding tert-OH is 2. The van der Waals surface area contributed by atoms with Gasteiger partial charge in [-0.1, -0.05) is 6.07 Å². The van der Waals surface area contributed by atoms with Crippen LogP contribution in [0.25, 0.3) is 28.3 Å². The normalized spacial score (nSPS) is 20.8. The van der Waals surface area contributed by atoms with Crippen molar-refractivity contribution in [2.24, 2.45) is 5.41 Å². The van der Waals surface area contributed by atoms with Crippen molar-refractivity contribution in [2.75, 3.05) is 18.9 Å². The number of aliphatic hydroxyl groups is 2. The van der Waals surface area contributed by atoms with Crippen molar-refractivity contribution in [3.8, 4) is 22.6 Å². The zero-order chi connectivity index (χ0) is 28.2. The summed E-state index contributed by atoms with van der Waals surface area (Å²) in [6.07, 6.45) is 9.67. The number of aromatic amines is 1. The quantitative estimate of drug-likeness (QED) is 0.254. The Morgan fingerprint density at radius 3 is 2.42 bits per heavy atom. The Kier molecular flexibility index (Phi) is 6.38. The predicted octanol–water partition coefficient (Wildman–Crippen LogP) is 2.19. The van der Waals surface area contributed by atoms with Gasteiger partial charge in [-0.15, -0.1) is 0 Å². The maximum absolute atomic E-state index is 13.3. The number of rotatable bonds is 7. The number of nitrogen functional groups attached to an aromatic ring is 1. The molecule has 40 heavy (non-hydrogen) atoms. The van der Waals surface area contributed by atoms with Gasteiger partial charge in [0.25, 0.3) is 0 Å². The Labute approximate surface area is 230 Å². The van der Waals surface area contributed by atoms with E-state index in [0.717, 1.165) is 24.0 Å². The van der Waals surface area contributed by atoms with Crippen LogP contribution in [0.2, 0.25) is 0 Å². The molecule has 208 valence electrons. The molecular weight excluding hydrogens is 512 g/mol. The number of aromatic nitrogens is 6. The van der Waals surface area contributed by atoms with Crippen LogP contribution in [-0.4, -0.2) is 81.7 Å². The molecule has 0 saturated carbocycles. The highest BCUT2D eigenvalue weighted by atomic mass is 16.3. The number of pyridine rings is 1. The fourth-order valence-electron chi connectivity index (χ4n) is 6.22. The van der Waals surface area contributed by atoms with Gasteiger partial charge < -0.3 is 25.8 Å². The van der Waals surface area contributed by atoms with Gasteiger partial charge >= 0.3 is 0 Å². The highest BCUT2D eigenvalue weighted by molar-refractivity contribution is 6.00. The first-order valence-electron chi connectivity index (χ1n) is 13.4. The first-order valence-corrected chi connectivity index (χ1v) is 13.4. The van der Waals surface area contributed by atoms with E-state index in [4.69, 9.17) is 10.7 Å². The zero-order valence-electron chi connectivity index (χ0n) is 22.4. The summed E-state index contributed by atoms with van der Waals surface area (Å²) >= 11 is 0. The van der Waals surface area contributed by atoms with E-state index in [1.165, 1.54) is 11.4 Å². The molecule has 1 unspecified atom stereocenters. The summed E-state index contributed by atoms with van der Waals surface area (Å²) < 4.78 is 1.50. The van der Waals surface area contributed by atoms with Gasteiger partial charge in [0, 0.05) is 47.7 Å². The van der Waals surface area contributed by atoms with Crippen LogP contribution in [0.1, 0.15) is 61.5 Å². The number of anilines is 1. The Balaban J connectivity index is 1.38. The Hall–Kier alpha value is -4.16. The third-order valence-electron chi connectivity index (χ3n) is 8.45. The molecule has 12 nitrogen and oxygen atoms in total. The van der Waals surface area contributed by atoms with Gasteiger partial charge in [-0.05, 0) is 45.6 Å². The number of ketones is 1. The topological polar surface area (TPSA) is 176 Å². The molecule has 0 aliphatic carbocycles. The molecule has 4 aromatic rings. The summed E-state index contributed by atoms with van der Waals surface area (Å²) in [6, 6.07) is 3.64. The zero-order valence-corrected chi connectivity index (χ0v) is 22.4. The summed E-state index contributed by atoms with van der Waals surface area (Å²) in [5.74, 6) is 0.381. The Bertz CT molecular complexity index is 1560. The molecule has 1 amide bonds. The van der Waals surface area contributed by atoms with Crippen LogP contribution in [-0.2, 0) is 4.79 Å². The monoisotopic (exact) mass is 544 g/mol. The number of nitrogens with two attached hydrogens (primary N) is 1. The van der Waals surface area contributed by atoms with Crippen molar-refractivity contribution < 1.29 is 19.8 Å². The van der Waals surface area contributed by atoms with Crippen molar-refractivity contribution in [3.05, 3.63) is 48.2 Å². The van der Waals surface area contributed by atoms with Crippen molar-refractivity contribution in [1.29, 1.82) is 0 Å². The number of H-pyrrole nitrogens is 1. The molecule has 6 rings (SSSR count). The summed E-state index contributed by atoms with van der Waals surface area (Å²) in [5.41, 5.74) is 9.06. The molecule has 2 aliphatic heterocycles. The molecular formula is C28H32N8O4. The van der Waals surface area contributed by atoms with E-state index in [2.05, 4.69) is 20.1 Å². The van der Waals surface area contributed by atoms with Gasteiger partial charge in [0.1, 0.15) is 11.5 Å². The highest BCUT2D eigenvalue weighted by Gasteiger charge is 2.49. The third kappa shape index (κ3) is 4.06. The average molecular weight is 545 g/mol. The number of hydrogen-bond donors (Lipinski definition) is 4. The van der Waals surface area contributed by atoms with Crippen LogP contribution in [0, 0.1) is 5.41 Å². The molecule has 5 N–H and O–H groups in total. The lowest BCUT2D eigenvalue weighted by atomic mass is 9.82. The second kappa shape index (κ2) is 9.79. The van der Waals surface area contributed by atoms with Crippen LogP contribution in [0.4, 0.5) is 5.82 Å². The number of fused-ring (bicyclic) bond motifs is 3. The van der Waals surface area contributed by atoms with E-state index in [1.54, 1.807) is 31.7 Å². The second-order valence-corrected chi connectivity index (χ2v) is 11.1. The number of carbonyl (C=O) groups is 2. The maximum atomic E-state index is 13.3. The van der Waals surface area contributed by atoms with E-state index in [9.17, 15) is 19.8 Å². The van der Waals surface area contributed by atoms with Crippen LogP contribution in [0.3, 0.4) is 0 Å². The molecule has 0 spiro atoms. The van der Waals surface area contributed by atoms with Crippen molar-refractivity contribution >= 4 is 23.2 Å². The largest absolute Gasteiger partial charge is 0.395 e. The van der Waals surface area contributed by atoms with Crippen LogP contribution < -0.4 is 5.73 Å². The molecule has 2 aliphatic rings. The van der Waals surface area contributed by atoms with E-state index >= 15 is 0 Å². The average Bonchev–Trinajstić information content (AvgIpc) is 3.70. The maximum Gasteiger partial charge on any atom is 0.233 e. The number of nitrogens with one attached hydrogen (secondary N) is 1. The van der Waals surface area contributed by atoms with Gasteiger partial charge in [-0.3, -0.25) is 14.6 Å². The smallest absolute Gasteiger partial charge is 0.233 e. The van der Waals surface area contributed by atoms with E-state index in [0.29, 0.717) is 41.3 Å². The lowest BCUT2D eigenvalue weighted by Crippen LogP contribution is -2.54. The Morgan fingerprint density at radius 1 is 1.12 bits per heavy atom. The van der Waals surface area contributed by atoms with Crippen LogP contribution in [0.5, 0.6) is 0 Å². The lowest BCUT2D eigenvalue weighted by Gasteiger charge is -2.42. The van der Waals surface area contributed by atoms with Gasteiger partial charge in [0.15, 0.2) is 17.3 Å². The molecule has 4 aromatic heterocycles. The Morgan fingerprint density at radius 2 is 1.85 bits per heavy atom. The number of amides is 1. The summed E-state index contributed by atoms with van der Waals surface area (Å²) in [4.78, 5) is 44.9. The van der Waals surface area contributed by atoms with E-state index < -0.39 is 18.6 Å². The molecule has 2 fully saturated rings. The highest BCUT2D eigenvalue weighted by Crippen LogP contribution is 2.46. The minimum absolute atomic E-state index is 0.0736. The molecule has 12 heteroatoms. The number of carbonyl (C=O) groups excluding carboxylic acids is 2. The standard InChI is InChI=1S/C28H32N8O4/c1-15(39)22-23(17-9-18-4-5-19(10-17)35(18)27(40)28(2,13-37)14-38)34-26-20(12-33-36(26)24(22)29)16-3-6-21(32-11-16)25-30-7-8-31-25/h3,6-8,11-12,17-19,37-38H,4-5,9-10,13-14,29H2,1-2H3,(H,30,31)/t17?,18-,19+. The number of piperidine rings is 1. The second-order valence-electron chi connectivity index (χ2n) is 11.1. The van der Waals surface area contributed by atoms with Crippen molar-refractivity contribution in [2.45, 2.75) is 57.5 Å². The summed E-state index contributed by atoms with van der Waals surface area (Å²) in [5, 5.41) is 24.1. The minimum atomic E-state index is -1.23. The van der Waals surface area contributed by atoms with Gasteiger partial charge in [-0.25, -0.2) is 9.97 Å². The van der Waals surface area contributed by atoms with Gasteiger partial charge in [-0.2, -0.15) is 9.61 Å². The predicted molar refractivity (Wildman–Crippen MR) is 146 cm³/mol. The number of imidazole rings is 1. The summed E-state index contributed by atoms with van der Waals surface area (Å²) in [6.45, 7) is 2.21. The van der Waals surface area contributed by atoms with Gasteiger partial charge in [0.05, 0.1) is 36.1 Å². The van der Waals surface area contributed by atoms with Crippen molar-refractivity contribution in [3.63, 3.8) is 0 Å². The molecule has 2 bridgehead atoms. The molecule has 3 atom stereocenters. The van der Waals surface area contributed by atoms with Crippen LogP contribution >= 0.6 is 0 Å². The van der Waals surface area contributed by atoms with Crippen LogP contribution in [0.15, 0.2) is 36.9 Å². The number of hydrogen-bond acceptors (Lipinski definition) is 9. The van der Waals surface area contributed by atoms with E-state index in [1.807, 2.05) is 17.0 Å². The fourth-order valence-corrected chi connectivity index (χ4v) is 6.22. The van der Waals surface area contributed by atoms with Crippen molar-refractivity contribution in [1.82, 2.24) is 34.4 Å². The van der Waals surface area contributed by atoms with Gasteiger partial charge in [0.2, 0.25) is 5.91 Å². The first-order chi connectivity index (χ1) is 19.3. The molecule has 2 saturated heterocycles. The minimum Gasteiger partial charge on any atom is -0.395 e. The summed E-state index contributed by atoms with van der Waals surface area (Å²) in [7, 11) is 0.